The minimum atomic E-state index is 0.423. The molecule has 11 rings (SSSR count). The largest absolute Gasteiger partial charge is 0.309 e. The maximum atomic E-state index is 8.14. The molecule has 254 valence electrons. The van der Waals surface area contributed by atoms with Gasteiger partial charge in [0.1, 0.15) is 0 Å². The van der Waals surface area contributed by atoms with Gasteiger partial charge in [0.15, 0.2) is 11.4 Å². The summed E-state index contributed by atoms with van der Waals surface area (Å²) < 4.78 is 7.14. The van der Waals surface area contributed by atoms with Crippen LogP contribution in [-0.4, -0.2) is 13.7 Å². The Morgan fingerprint density at radius 1 is 0.327 bits per heavy atom. The number of para-hydroxylation sites is 6. The number of benzene rings is 8. The van der Waals surface area contributed by atoms with Crippen molar-refractivity contribution in [1.82, 2.24) is 13.7 Å². The summed E-state index contributed by atoms with van der Waals surface area (Å²) >= 11 is 0. The molecule has 0 radical (unpaired) electrons. The molecule has 0 saturated carbocycles. The highest BCUT2D eigenvalue weighted by Crippen LogP contribution is 2.47. The fourth-order valence-electron chi connectivity index (χ4n) is 8.84. The van der Waals surface area contributed by atoms with E-state index in [1.807, 2.05) is 12.1 Å². The summed E-state index contributed by atoms with van der Waals surface area (Å²) in [6.45, 7) is 16.3. The van der Waals surface area contributed by atoms with E-state index >= 15 is 0 Å². The monoisotopic (exact) mass is 699 g/mol. The first kappa shape index (κ1) is 30.7. The van der Waals surface area contributed by atoms with Crippen LogP contribution >= 0.6 is 0 Å². The Balaban J connectivity index is 1.43. The predicted octanol–water partition coefficient (Wildman–Crippen LogP) is 13.7. The Kier molecular flexibility index (Phi) is 6.61. The summed E-state index contributed by atoms with van der Waals surface area (Å²) in [5.41, 5.74) is 12.0. The van der Waals surface area contributed by atoms with Crippen molar-refractivity contribution in [3.05, 3.63) is 199 Å². The van der Waals surface area contributed by atoms with Gasteiger partial charge in [-0.1, -0.05) is 127 Å². The maximum Gasteiger partial charge on any atom is 0.177 e. The highest BCUT2D eigenvalue weighted by atomic mass is 15.1. The number of rotatable bonds is 4. The van der Waals surface area contributed by atoms with Crippen LogP contribution in [0.5, 0.6) is 0 Å². The average molecular weight is 700 g/mol. The second kappa shape index (κ2) is 11.8. The first-order valence-corrected chi connectivity index (χ1v) is 18.3. The Morgan fingerprint density at radius 3 is 1.00 bits per heavy atom. The molecular formula is C50H29N5. The summed E-state index contributed by atoms with van der Waals surface area (Å²) in [6.07, 6.45) is 0. The predicted molar refractivity (Wildman–Crippen MR) is 227 cm³/mol. The zero-order valence-electron chi connectivity index (χ0n) is 29.5. The van der Waals surface area contributed by atoms with E-state index in [1.165, 1.54) is 10.8 Å². The molecule has 11 aromatic rings. The molecule has 0 saturated heterocycles. The first-order valence-electron chi connectivity index (χ1n) is 18.3. The van der Waals surface area contributed by atoms with E-state index in [1.54, 1.807) is 6.07 Å². The molecule has 0 unspecified atom stereocenters. The smallest absolute Gasteiger partial charge is 0.177 e. The third-order valence-corrected chi connectivity index (χ3v) is 11.0. The van der Waals surface area contributed by atoms with Crippen molar-refractivity contribution in [2.24, 2.45) is 0 Å². The highest BCUT2D eigenvalue weighted by molar-refractivity contribution is 6.14. The second-order valence-electron chi connectivity index (χ2n) is 13.9. The van der Waals surface area contributed by atoms with Gasteiger partial charge in [0.2, 0.25) is 0 Å². The SMILES string of the molecule is [C-]#[N+]c1cc([N+]#[C-])cc(-c2c(-n3c4ccccc4c4ccccc43)ccc(-n3c4ccccc4c4ccccc43)c2-n2c3ccccc3c3ccccc32)c1. The molecule has 0 N–H and O–H groups in total. The van der Waals surface area contributed by atoms with Gasteiger partial charge in [-0.2, -0.15) is 0 Å². The van der Waals surface area contributed by atoms with Crippen LogP contribution in [0.1, 0.15) is 0 Å². The molecule has 0 fully saturated rings. The zero-order valence-corrected chi connectivity index (χ0v) is 29.5. The lowest BCUT2D eigenvalue weighted by Crippen LogP contribution is -2.09. The molecular weight excluding hydrogens is 671 g/mol. The molecule has 8 aromatic carbocycles. The van der Waals surface area contributed by atoms with Gasteiger partial charge in [0.25, 0.3) is 0 Å². The van der Waals surface area contributed by atoms with Crippen LogP contribution < -0.4 is 0 Å². The first-order chi connectivity index (χ1) is 27.2. The molecule has 5 nitrogen and oxygen atoms in total. The number of aromatic nitrogens is 3. The van der Waals surface area contributed by atoms with Gasteiger partial charge >= 0.3 is 0 Å². The Morgan fingerprint density at radius 2 is 0.636 bits per heavy atom. The second-order valence-corrected chi connectivity index (χ2v) is 13.9. The van der Waals surface area contributed by atoms with E-state index in [0.717, 1.165) is 82.8 Å². The number of fused-ring (bicyclic) bond motifs is 9. The standard InChI is InChI=1S/C50H29N5/c1-51-33-29-32(30-34(31-33)52-2)49-47(53-41-21-9-3-15-35(41)36-16-4-10-22-42(36)53)27-28-48(54-43-23-11-5-17-37(43)38-18-6-12-24-44(38)54)50(49)55-45-25-13-7-19-39(45)40-20-8-14-26-46(40)55/h3-31H. The van der Waals surface area contributed by atoms with Gasteiger partial charge in [-0.05, 0) is 54.1 Å². The van der Waals surface area contributed by atoms with E-state index in [0.29, 0.717) is 11.4 Å². The number of hydrogen-bond donors (Lipinski definition) is 0. The third kappa shape index (κ3) is 4.39. The van der Waals surface area contributed by atoms with Gasteiger partial charge in [0.05, 0.1) is 63.3 Å². The van der Waals surface area contributed by atoms with Gasteiger partial charge in [0, 0.05) is 37.9 Å². The molecule has 0 amide bonds. The molecule has 0 aliphatic heterocycles. The molecule has 3 heterocycles. The molecule has 0 aliphatic rings. The van der Waals surface area contributed by atoms with E-state index in [2.05, 4.69) is 181 Å². The molecule has 0 atom stereocenters. The summed E-state index contributed by atoms with van der Waals surface area (Å²) in [5, 5.41) is 6.96. The van der Waals surface area contributed by atoms with E-state index in [9.17, 15) is 0 Å². The van der Waals surface area contributed by atoms with Crippen LogP contribution in [-0.2, 0) is 0 Å². The summed E-state index contributed by atoms with van der Waals surface area (Å²) in [7, 11) is 0. The molecule has 55 heavy (non-hydrogen) atoms. The molecule has 0 spiro atoms. The van der Waals surface area contributed by atoms with Crippen molar-refractivity contribution >= 4 is 76.8 Å². The van der Waals surface area contributed by atoms with Crippen molar-refractivity contribution in [2.45, 2.75) is 0 Å². The molecule has 3 aromatic heterocycles. The van der Waals surface area contributed by atoms with Crippen molar-refractivity contribution in [3.63, 3.8) is 0 Å². The van der Waals surface area contributed by atoms with Crippen molar-refractivity contribution in [1.29, 1.82) is 0 Å². The Bertz CT molecular complexity index is 3280. The number of nitrogens with zero attached hydrogens (tertiary/aromatic N) is 5. The lowest BCUT2D eigenvalue weighted by molar-refractivity contribution is 1.08. The lowest BCUT2D eigenvalue weighted by Gasteiger charge is -2.25. The van der Waals surface area contributed by atoms with E-state index in [-0.39, 0.29) is 0 Å². The van der Waals surface area contributed by atoms with Gasteiger partial charge < -0.3 is 13.7 Å². The van der Waals surface area contributed by atoms with Crippen LogP contribution in [0.4, 0.5) is 11.4 Å². The summed E-state index contributed by atoms with van der Waals surface area (Å²) in [4.78, 5) is 7.78. The molecule has 0 aliphatic carbocycles. The minimum absolute atomic E-state index is 0.423. The van der Waals surface area contributed by atoms with Gasteiger partial charge in [-0.3, -0.25) is 0 Å². The van der Waals surface area contributed by atoms with Crippen LogP contribution in [0.3, 0.4) is 0 Å². The zero-order chi connectivity index (χ0) is 36.6. The fraction of sp³-hybridized carbons (Fsp3) is 0. The normalized spacial score (nSPS) is 11.6. The third-order valence-electron chi connectivity index (χ3n) is 11.0. The van der Waals surface area contributed by atoms with Crippen LogP contribution in [0.25, 0.3) is 103 Å². The van der Waals surface area contributed by atoms with Crippen molar-refractivity contribution in [3.8, 4) is 28.2 Å². The van der Waals surface area contributed by atoms with E-state index in [4.69, 9.17) is 13.1 Å². The lowest BCUT2D eigenvalue weighted by atomic mass is 9.97. The molecule has 5 heteroatoms. The van der Waals surface area contributed by atoms with Gasteiger partial charge in [-0.15, -0.1) is 0 Å². The van der Waals surface area contributed by atoms with Crippen LogP contribution in [0.2, 0.25) is 0 Å². The highest BCUT2D eigenvalue weighted by Gasteiger charge is 2.27. The maximum absolute atomic E-state index is 8.14. The number of hydrogen-bond acceptors (Lipinski definition) is 0. The van der Waals surface area contributed by atoms with Crippen molar-refractivity contribution in [2.75, 3.05) is 0 Å². The molecule has 0 bridgehead atoms. The van der Waals surface area contributed by atoms with Crippen molar-refractivity contribution < 1.29 is 0 Å². The van der Waals surface area contributed by atoms with Crippen LogP contribution in [0, 0.1) is 13.1 Å². The van der Waals surface area contributed by atoms with Gasteiger partial charge in [-0.25, -0.2) is 9.69 Å². The quantitative estimate of drug-likeness (QED) is 0.163. The Labute approximate surface area is 316 Å². The fourth-order valence-corrected chi connectivity index (χ4v) is 8.84. The topological polar surface area (TPSA) is 23.5 Å². The average Bonchev–Trinajstić information content (AvgIpc) is 3.89. The van der Waals surface area contributed by atoms with E-state index < -0.39 is 0 Å². The minimum Gasteiger partial charge on any atom is -0.309 e. The van der Waals surface area contributed by atoms with Crippen LogP contribution in [0.15, 0.2) is 176 Å². The summed E-state index contributed by atoms with van der Waals surface area (Å²) in [6, 6.07) is 61.6. The summed E-state index contributed by atoms with van der Waals surface area (Å²) in [5.74, 6) is 0. The Hall–Kier alpha value is -7.86.